The van der Waals surface area contributed by atoms with Crippen LogP contribution in [0.4, 0.5) is 5.69 Å². The van der Waals surface area contributed by atoms with E-state index in [-0.39, 0.29) is 23.3 Å². The fraction of sp³-hybridized carbons (Fsp3) is 0.316. The highest BCUT2D eigenvalue weighted by Gasteiger charge is 2.37. The number of carbonyl (C=O) groups is 1. The lowest BCUT2D eigenvalue weighted by Crippen LogP contribution is -2.30. The van der Waals surface area contributed by atoms with Crippen molar-refractivity contribution in [2.45, 2.75) is 30.7 Å². The molecule has 0 spiro atoms. The van der Waals surface area contributed by atoms with Crippen molar-refractivity contribution in [1.82, 2.24) is 4.72 Å². The van der Waals surface area contributed by atoms with Gasteiger partial charge in [0.2, 0.25) is 15.9 Å². The lowest BCUT2D eigenvalue weighted by molar-refractivity contribution is -0.119. The SMILES string of the molecule is O=C(C1CC1)N1CCc2cc(Br)c(S(=O)(=O)NCc3ccc(Cl)cc3)cc21. The van der Waals surface area contributed by atoms with Crippen LogP contribution in [0.1, 0.15) is 24.0 Å². The predicted molar refractivity (Wildman–Crippen MR) is 108 cm³/mol. The molecule has 0 radical (unpaired) electrons. The highest BCUT2D eigenvalue weighted by molar-refractivity contribution is 9.10. The molecule has 0 atom stereocenters. The van der Waals surface area contributed by atoms with Crippen LogP contribution in [0.5, 0.6) is 0 Å². The number of nitrogens with one attached hydrogen (secondary N) is 1. The van der Waals surface area contributed by atoms with Gasteiger partial charge in [-0.05, 0) is 70.6 Å². The van der Waals surface area contributed by atoms with Gasteiger partial charge in [0.05, 0.1) is 4.90 Å². The van der Waals surface area contributed by atoms with Crippen LogP contribution >= 0.6 is 27.5 Å². The summed E-state index contributed by atoms with van der Waals surface area (Å²) < 4.78 is 28.8. The van der Waals surface area contributed by atoms with E-state index in [1.807, 2.05) is 6.07 Å². The Kier molecular flexibility index (Phi) is 5.05. The zero-order valence-corrected chi connectivity index (χ0v) is 17.6. The molecule has 1 aliphatic heterocycles. The van der Waals surface area contributed by atoms with Gasteiger partial charge in [-0.2, -0.15) is 0 Å². The topological polar surface area (TPSA) is 66.5 Å². The van der Waals surface area contributed by atoms with Crippen LogP contribution in [-0.4, -0.2) is 20.9 Å². The number of halogens is 2. The minimum atomic E-state index is -3.74. The average molecular weight is 470 g/mol. The maximum absolute atomic E-state index is 12.8. The van der Waals surface area contributed by atoms with E-state index < -0.39 is 10.0 Å². The summed E-state index contributed by atoms with van der Waals surface area (Å²) in [7, 11) is -3.74. The van der Waals surface area contributed by atoms with Crippen molar-refractivity contribution in [2.24, 2.45) is 5.92 Å². The Labute approximate surface area is 171 Å². The molecule has 1 saturated carbocycles. The molecule has 1 N–H and O–H groups in total. The largest absolute Gasteiger partial charge is 0.312 e. The Bertz CT molecular complexity index is 1000. The lowest BCUT2D eigenvalue weighted by atomic mass is 10.2. The maximum atomic E-state index is 12.8. The van der Waals surface area contributed by atoms with Crippen LogP contribution in [0.15, 0.2) is 45.8 Å². The summed E-state index contributed by atoms with van der Waals surface area (Å²) >= 11 is 9.24. The second kappa shape index (κ2) is 7.20. The van der Waals surface area contributed by atoms with E-state index >= 15 is 0 Å². The van der Waals surface area contributed by atoms with E-state index in [1.165, 1.54) is 0 Å². The Morgan fingerprint density at radius 3 is 2.59 bits per heavy atom. The molecule has 8 heteroatoms. The molecule has 142 valence electrons. The molecule has 0 bridgehead atoms. The van der Waals surface area contributed by atoms with Crippen LogP contribution in [0, 0.1) is 5.92 Å². The van der Waals surface area contributed by atoms with Gasteiger partial charge < -0.3 is 4.90 Å². The zero-order valence-electron chi connectivity index (χ0n) is 14.4. The van der Waals surface area contributed by atoms with Crippen molar-refractivity contribution in [3.8, 4) is 0 Å². The van der Waals surface area contributed by atoms with Crippen LogP contribution in [0.25, 0.3) is 0 Å². The van der Waals surface area contributed by atoms with Crippen molar-refractivity contribution >= 4 is 49.1 Å². The maximum Gasteiger partial charge on any atom is 0.242 e. The first-order valence-electron chi connectivity index (χ1n) is 8.73. The Morgan fingerprint density at radius 2 is 1.93 bits per heavy atom. The van der Waals surface area contributed by atoms with Crippen LogP contribution in [0.3, 0.4) is 0 Å². The smallest absolute Gasteiger partial charge is 0.242 e. The first kappa shape index (κ1) is 18.9. The van der Waals surface area contributed by atoms with E-state index in [2.05, 4.69) is 20.7 Å². The van der Waals surface area contributed by atoms with Gasteiger partial charge in [-0.1, -0.05) is 23.7 Å². The summed E-state index contributed by atoms with van der Waals surface area (Å²) in [5, 5.41) is 0.600. The Hall–Kier alpha value is -1.41. The zero-order chi connectivity index (χ0) is 19.2. The molecule has 5 nitrogen and oxygen atoms in total. The van der Waals surface area contributed by atoms with E-state index in [1.54, 1.807) is 35.2 Å². The third-order valence-corrected chi connectivity index (χ3v) is 7.50. The number of hydrogen-bond acceptors (Lipinski definition) is 3. The average Bonchev–Trinajstić information content (AvgIpc) is 3.40. The fourth-order valence-corrected chi connectivity index (χ4v) is 5.48. The molecule has 1 aliphatic carbocycles. The second-order valence-electron chi connectivity index (χ2n) is 6.88. The number of amides is 1. The number of anilines is 1. The first-order valence-corrected chi connectivity index (χ1v) is 11.4. The molecule has 4 rings (SSSR count). The number of benzene rings is 2. The molecule has 2 aromatic carbocycles. The van der Waals surface area contributed by atoms with Crippen LogP contribution < -0.4 is 9.62 Å². The Balaban J connectivity index is 1.59. The molecule has 0 unspecified atom stereocenters. The number of carbonyl (C=O) groups excluding carboxylic acids is 1. The normalized spacial score (nSPS) is 16.4. The van der Waals surface area contributed by atoms with Crippen molar-refractivity contribution in [2.75, 3.05) is 11.4 Å². The van der Waals surface area contributed by atoms with Gasteiger partial charge in [-0.25, -0.2) is 13.1 Å². The predicted octanol–water partition coefficient (Wildman–Crippen LogP) is 3.88. The lowest BCUT2D eigenvalue weighted by Gasteiger charge is -2.18. The van der Waals surface area contributed by atoms with Crippen molar-refractivity contribution in [3.05, 3.63) is 57.0 Å². The summed E-state index contributed by atoms with van der Waals surface area (Å²) in [5.41, 5.74) is 2.51. The number of rotatable bonds is 5. The second-order valence-corrected chi connectivity index (χ2v) is 9.90. The van der Waals surface area contributed by atoms with E-state index in [0.717, 1.165) is 30.4 Å². The molecule has 2 aromatic rings. The van der Waals surface area contributed by atoms with Crippen LogP contribution in [0.2, 0.25) is 5.02 Å². The molecule has 2 aliphatic rings. The molecule has 0 saturated heterocycles. The summed E-state index contributed by atoms with van der Waals surface area (Å²) in [5.74, 6) is 0.205. The Morgan fingerprint density at radius 1 is 1.22 bits per heavy atom. The van der Waals surface area contributed by atoms with Gasteiger partial charge in [0.15, 0.2) is 0 Å². The van der Waals surface area contributed by atoms with Gasteiger partial charge in [0, 0.05) is 34.2 Å². The highest BCUT2D eigenvalue weighted by atomic mass is 79.9. The van der Waals surface area contributed by atoms with Crippen molar-refractivity contribution in [1.29, 1.82) is 0 Å². The van der Waals surface area contributed by atoms with Gasteiger partial charge in [-0.3, -0.25) is 4.79 Å². The van der Waals surface area contributed by atoms with E-state index in [4.69, 9.17) is 11.6 Å². The minimum absolute atomic E-state index is 0.0997. The summed E-state index contributed by atoms with van der Waals surface area (Å²) in [4.78, 5) is 14.4. The molecule has 1 heterocycles. The molecule has 0 aromatic heterocycles. The number of hydrogen-bond donors (Lipinski definition) is 1. The van der Waals surface area contributed by atoms with E-state index in [9.17, 15) is 13.2 Å². The number of nitrogens with zero attached hydrogens (tertiary/aromatic N) is 1. The van der Waals surface area contributed by atoms with Gasteiger partial charge in [0.25, 0.3) is 0 Å². The van der Waals surface area contributed by atoms with Crippen molar-refractivity contribution < 1.29 is 13.2 Å². The summed E-state index contributed by atoms with van der Waals surface area (Å²) in [6, 6.07) is 10.4. The molecule has 27 heavy (non-hydrogen) atoms. The standard InChI is InChI=1S/C19H18BrClN2O3S/c20-16-9-14-7-8-23(19(24)13-3-4-13)17(14)10-18(16)27(25,26)22-11-12-1-5-15(21)6-2-12/h1-2,5-6,9-10,13,22H,3-4,7-8,11H2. The minimum Gasteiger partial charge on any atom is -0.312 e. The quantitative estimate of drug-likeness (QED) is 0.723. The third-order valence-electron chi connectivity index (χ3n) is 4.89. The van der Waals surface area contributed by atoms with E-state index in [0.29, 0.717) is 21.7 Å². The van der Waals surface area contributed by atoms with Gasteiger partial charge in [0.1, 0.15) is 0 Å². The fourth-order valence-electron chi connectivity index (χ4n) is 3.23. The third kappa shape index (κ3) is 3.92. The monoisotopic (exact) mass is 468 g/mol. The van der Waals surface area contributed by atoms with Gasteiger partial charge >= 0.3 is 0 Å². The number of sulfonamides is 1. The highest BCUT2D eigenvalue weighted by Crippen LogP contribution is 2.39. The molecule has 1 fully saturated rings. The summed E-state index contributed by atoms with van der Waals surface area (Å²) in [6.07, 6.45) is 2.59. The molecular formula is C19H18BrClN2O3S. The molecular weight excluding hydrogens is 452 g/mol. The van der Waals surface area contributed by atoms with Gasteiger partial charge in [-0.15, -0.1) is 0 Å². The first-order chi connectivity index (χ1) is 12.8. The van der Waals surface area contributed by atoms with Crippen LogP contribution in [-0.2, 0) is 27.8 Å². The summed E-state index contributed by atoms with van der Waals surface area (Å²) in [6.45, 7) is 0.770. The van der Waals surface area contributed by atoms with Crippen molar-refractivity contribution in [3.63, 3.8) is 0 Å². The number of fused-ring (bicyclic) bond motifs is 1. The molecule has 1 amide bonds.